The smallest absolute Gasteiger partial charge is 0.234 e. The van der Waals surface area contributed by atoms with Crippen LogP contribution in [0.25, 0.3) is 0 Å². The number of amides is 1. The van der Waals surface area contributed by atoms with Crippen molar-refractivity contribution < 1.29 is 9.69 Å². The summed E-state index contributed by atoms with van der Waals surface area (Å²) >= 11 is 2.84. The number of benzene rings is 1. The molecule has 1 aromatic heterocycles. The number of aromatic nitrogens is 2. The first-order chi connectivity index (χ1) is 11.7. The Morgan fingerprint density at radius 1 is 1.25 bits per heavy atom. The van der Waals surface area contributed by atoms with Gasteiger partial charge < -0.3 is 15.5 Å². The predicted molar refractivity (Wildman–Crippen MR) is 98.9 cm³/mol. The molecule has 1 amide bonds. The SMILES string of the molecule is CNc1nnc(SCC(=O)Nc2ccc(C[NH+]3CCCC3)cc2)s1. The molecule has 1 fully saturated rings. The van der Waals surface area contributed by atoms with Crippen molar-refractivity contribution in [2.24, 2.45) is 0 Å². The normalized spacial score (nSPS) is 14.7. The Balaban J connectivity index is 1.45. The third kappa shape index (κ3) is 4.93. The topological polar surface area (TPSA) is 71.3 Å². The first-order valence-electron chi connectivity index (χ1n) is 8.09. The number of hydrogen-bond donors (Lipinski definition) is 3. The van der Waals surface area contributed by atoms with Crippen LogP contribution in [0.3, 0.4) is 0 Å². The van der Waals surface area contributed by atoms with Gasteiger partial charge in [-0.3, -0.25) is 4.79 Å². The van der Waals surface area contributed by atoms with Gasteiger partial charge in [-0.2, -0.15) is 0 Å². The van der Waals surface area contributed by atoms with Gasteiger partial charge >= 0.3 is 0 Å². The lowest BCUT2D eigenvalue weighted by atomic mass is 10.2. The van der Waals surface area contributed by atoms with Crippen molar-refractivity contribution >= 4 is 39.8 Å². The van der Waals surface area contributed by atoms with Gasteiger partial charge in [-0.25, -0.2) is 0 Å². The number of quaternary nitrogens is 1. The van der Waals surface area contributed by atoms with E-state index in [0.717, 1.165) is 21.7 Å². The van der Waals surface area contributed by atoms with Crippen molar-refractivity contribution in [3.8, 4) is 0 Å². The molecule has 0 bridgehead atoms. The van der Waals surface area contributed by atoms with Gasteiger partial charge in [0, 0.05) is 31.1 Å². The van der Waals surface area contributed by atoms with Crippen molar-refractivity contribution in [1.29, 1.82) is 0 Å². The van der Waals surface area contributed by atoms with Gasteiger partial charge in [-0.15, -0.1) is 10.2 Å². The molecule has 1 saturated heterocycles. The highest BCUT2D eigenvalue weighted by molar-refractivity contribution is 8.01. The maximum absolute atomic E-state index is 12.0. The highest BCUT2D eigenvalue weighted by atomic mass is 32.2. The Bertz CT molecular complexity index is 667. The van der Waals surface area contributed by atoms with Crippen LogP contribution in [-0.2, 0) is 11.3 Å². The predicted octanol–water partition coefficient (Wildman–Crippen LogP) is 1.49. The Morgan fingerprint density at radius 2 is 2.00 bits per heavy atom. The molecule has 0 spiro atoms. The molecular weight excluding hydrogens is 342 g/mol. The summed E-state index contributed by atoms with van der Waals surface area (Å²) in [5.74, 6) is 0.303. The highest BCUT2D eigenvalue weighted by Crippen LogP contribution is 2.25. The first-order valence-corrected chi connectivity index (χ1v) is 9.89. The largest absolute Gasteiger partial charge is 0.363 e. The van der Waals surface area contributed by atoms with Crippen LogP contribution in [0.15, 0.2) is 28.6 Å². The van der Waals surface area contributed by atoms with Crippen LogP contribution < -0.4 is 15.5 Å². The molecule has 3 rings (SSSR count). The minimum Gasteiger partial charge on any atom is -0.363 e. The fraction of sp³-hybridized carbons (Fsp3) is 0.438. The van der Waals surface area contributed by atoms with Crippen LogP contribution in [0.2, 0.25) is 0 Å². The molecule has 6 nitrogen and oxygen atoms in total. The molecule has 3 N–H and O–H groups in total. The van der Waals surface area contributed by atoms with E-state index in [0.29, 0.717) is 5.75 Å². The number of rotatable bonds is 7. The standard InChI is InChI=1S/C16H21N5OS2/c1-17-15-19-20-16(24-15)23-11-14(22)18-13-6-4-12(5-7-13)10-21-8-2-3-9-21/h4-7H,2-3,8-11H2,1H3,(H,17,19)(H,18,22)/p+1. The van der Waals surface area contributed by atoms with Gasteiger partial charge in [-0.1, -0.05) is 35.2 Å². The number of likely N-dealkylation sites (tertiary alicyclic amines) is 1. The second-order valence-corrected chi connectivity index (χ2v) is 7.99. The average molecular weight is 365 g/mol. The van der Waals surface area contributed by atoms with Gasteiger partial charge in [0.2, 0.25) is 11.0 Å². The molecular formula is C16H22N5OS2+. The summed E-state index contributed by atoms with van der Waals surface area (Å²) < 4.78 is 0.790. The van der Waals surface area contributed by atoms with Crippen LogP contribution in [0.4, 0.5) is 10.8 Å². The van der Waals surface area contributed by atoms with Gasteiger partial charge in [0.05, 0.1) is 18.8 Å². The number of anilines is 2. The minimum atomic E-state index is -0.0286. The molecule has 0 atom stereocenters. The summed E-state index contributed by atoms with van der Waals surface area (Å²) in [5, 5.41) is 14.6. The molecule has 8 heteroatoms. The molecule has 2 heterocycles. The fourth-order valence-electron chi connectivity index (χ4n) is 2.74. The van der Waals surface area contributed by atoms with E-state index in [-0.39, 0.29) is 5.91 Å². The third-order valence-corrected chi connectivity index (χ3v) is 6.02. The second-order valence-electron chi connectivity index (χ2n) is 5.79. The number of carbonyl (C=O) groups is 1. The zero-order chi connectivity index (χ0) is 16.8. The summed E-state index contributed by atoms with van der Waals surface area (Å²) in [4.78, 5) is 13.7. The molecule has 0 radical (unpaired) electrons. The quantitative estimate of drug-likeness (QED) is 0.650. The minimum absolute atomic E-state index is 0.0286. The summed E-state index contributed by atoms with van der Waals surface area (Å²) in [5.41, 5.74) is 2.17. The molecule has 2 aromatic rings. The van der Waals surface area contributed by atoms with Crippen LogP contribution in [0.1, 0.15) is 18.4 Å². The number of carbonyl (C=O) groups excluding carboxylic acids is 1. The van der Waals surface area contributed by atoms with Crippen molar-refractivity contribution in [3.63, 3.8) is 0 Å². The molecule has 0 unspecified atom stereocenters. The maximum atomic E-state index is 12.0. The zero-order valence-electron chi connectivity index (χ0n) is 13.7. The summed E-state index contributed by atoms with van der Waals surface area (Å²) in [7, 11) is 1.80. The molecule has 24 heavy (non-hydrogen) atoms. The Kier molecular flexibility index (Phi) is 6.06. The van der Waals surface area contributed by atoms with Crippen molar-refractivity contribution in [1.82, 2.24) is 10.2 Å². The fourth-order valence-corrected chi connectivity index (χ4v) is 4.25. The number of nitrogens with zero attached hydrogens (tertiary/aromatic N) is 2. The summed E-state index contributed by atoms with van der Waals surface area (Å²) in [6.07, 6.45) is 2.68. The lowest BCUT2D eigenvalue weighted by molar-refractivity contribution is -0.901. The van der Waals surface area contributed by atoms with Crippen LogP contribution >= 0.6 is 23.1 Å². The number of thioether (sulfide) groups is 1. The van der Waals surface area contributed by atoms with Crippen LogP contribution in [-0.4, -0.2) is 42.0 Å². The monoisotopic (exact) mass is 364 g/mol. The lowest BCUT2D eigenvalue weighted by Crippen LogP contribution is -3.08. The Morgan fingerprint density at radius 3 is 2.67 bits per heavy atom. The Labute approximate surface area is 150 Å². The van der Waals surface area contributed by atoms with E-state index in [1.165, 1.54) is 54.6 Å². The first kappa shape index (κ1) is 17.2. The van der Waals surface area contributed by atoms with E-state index in [2.05, 4.69) is 33.0 Å². The number of hydrogen-bond acceptors (Lipinski definition) is 6. The zero-order valence-corrected chi connectivity index (χ0v) is 15.3. The van der Waals surface area contributed by atoms with E-state index in [9.17, 15) is 4.79 Å². The molecule has 0 aliphatic carbocycles. The third-order valence-electron chi connectivity index (χ3n) is 3.95. The summed E-state index contributed by atoms with van der Waals surface area (Å²) in [6.45, 7) is 3.63. The van der Waals surface area contributed by atoms with Crippen LogP contribution in [0, 0.1) is 0 Å². The lowest BCUT2D eigenvalue weighted by Gasteiger charge is -2.12. The van der Waals surface area contributed by atoms with Gasteiger partial charge in [0.1, 0.15) is 6.54 Å². The van der Waals surface area contributed by atoms with E-state index >= 15 is 0 Å². The van der Waals surface area contributed by atoms with E-state index in [4.69, 9.17) is 0 Å². The van der Waals surface area contributed by atoms with Crippen molar-refractivity contribution in [3.05, 3.63) is 29.8 Å². The second kappa shape index (κ2) is 8.46. The van der Waals surface area contributed by atoms with Crippen LogP contribution in [0.5, 0.6) is 0 Å². The molecule has 1 aliphatic heterocycles. The molecule has 1 aliphatic rings. The van der Waals surface area contributed by atoms with E-state index in [1.807, 2.05) is 12.1 Å². The molecule has 1 aromatic carbocycles. The van der Waals surface area contributed by atoms with Gasteiger partial charge in [0.25, 0.3) is 0 Å². The van der Waals surface area contributed by atoms with E-state index < -0.39 is 0 Å². The maximum Gasteiger partial charge on any atom is 0.234 e. The van der Waals surface area contributed by atoms with Crippen molar-refractivity contribution in [2.75, 3.05) is 36.5 Å². The molecule has 128 valence electrons. The number of nitrogens with one attached hydrogen (secondary N) is 3. The average Bonchev–Trinajstić information content (AvgIpc) is 3.26. The van der Waals surface area contributed by atoms with E-state index in [1.54, 1.807) is 11.9 Å². The highest BCUT2D eigenvalue weighted by Gasteiger charge is 2.15. The Hall–Kier alpha value is -1.64. The van der Waals surface area contributed by atoms with Gasteiger partial charge in [-0.05, 0) is 12.1 Å². The molecule has 0 saturated carbocycles. The van der Waals surface area contributed by atoms with Crippen molar-refractivity contribution in [2.45, 2.75) is 23.7 Å². The summed E-state index contributed by atoms with van der Waals surface area (Å²) in [6, 6.07) is 8.19. The van der Waals surface area contributed by atoms with Gasteiger partial charge in [0.15, 0.2) is 4.34 Å².